The van der Waals surface area contributed by atoms with Gasteiger partial charge in [0.25, 0.3) is 0 Å². The van der Waals surface area contributed by atoms with Gasteiger partial charge in [0.2, 0.25) is 5.91 Å². The average Bonchev–Trinajstić information content (AvgIpc) is 2.34. The van der Waals surface area contributed by atoms with Gasteiger partial charge in [-0.2, -0.15) is 0 Å². The van der Waals surface area contributed by atoms with Crippen molar-refractivity contribution in [3.8, 4) is 0 Å². The molecule has 1 unspecified atom stereocenters. The molecule has 0 aliphatic carbocycles. The number of amides is 1. The number of hydrogen-bond acceptors (Lipinski definition) is 2. The van der Waals surface area contributed by atoms with Crippen LogP contribution in [0.25, 0.3) is 0 Å². The van der Waals surface area contributed by atoms with E-state index in [0.29, 0.717) is 6.54 Å². The molecule has 10 heavy (non-hydrogen) atoms. The molecule has 1 rings (SSSR count). The van der Waals surface area contributed by atoms with Crippen molar-refractivity contribution in [2.45, 2.75) is 18.9 Å². The topological polar surface area (TPSA) is 38.3 Å². The molecule has 0 saturated carbocycles. The average molecular weight is 141 g/mol. The van der Waals surface area contributed by atoms with Gasteiger partial charge >= 0.3 is 0 Å². The maximum atomic E-state index is 10.2. The predicted octanol–water partition coefficient (Wildman–Crippen LogP) is -0.00731. The van der Waals surface area contributed by atoms with Gasteiger partial charge in [0.15, 0.2) is 0 Å². The Morgan fingerprint density at radius 2 is 2.60 bits per heavy atom. The molecule has 1 aliphatic heterocycles. The number of carbonyl (C=O) groups excluding carboxylic acids is 1. The number of carbonyl (C=O) groups is 1. The maximum absolute atomic E-state index is 10.2. The summed E-state index contributed by atoms with van der Waals surface area (Å²) in [4.78, 5) is 10.2. The summed E-state index contributed by atoms with van der Waals surface area (Å²) in [5, 5.41) is 2.50. The summed E-state index contributed by atoms with van der Waals surface area (Å²) in [5.41, 5.74) is 0. The molecule has 3 heteroatoms. The predicted molar refractivity (Wildman–Crippen MR) is 36.3 cm³/mol. The van der Waals surface area contributed by atoms with Gasteiger partial charge in [0.05, 0.1) is 13.0 Å². The highest BCUT2D eigenvalue weighted by Crippen LogP contribution is 2.10. The van der Waals surface area contributed by atoms with Gasteiger partial charge in [-0.1, -0.05) is 0 Å². The lowest BCUT2D eigenvalue weighted by molar-refractivity contribution is -0.117. The standard InChI is InChI=1S/C7H11NO2/c1-6(9)8-5-7-3-2-4-10-7/h1,7H,2-5H2,(H,8,9). The van der Waals surface area contributed by atoms with Crippen LogP contribution in [0.4, 0.5) is 0 Å². The Morgan fingerprint density at radius 1 is 1.80 bits per heavy atom. The van der Waals surface area contributed by atoms with Gasteiger partial charge in [-0.15, -0.1) is 0 Å². The molecule has 0 aromatic carbocycles. The smallest absolute Gasteiger partial charge is 0.224 e. The minimum atomic E-state index is -0.476. The number of nitrogens with one attached hydrogen (secondary N) is 1. The number of hydrogen-bond donors (Lipinski definition) is 1. The van der Waals surface area contributed by atoms with Crippen molar-refractivity contribution in [1.82, 2.24) is 5.32 Å². The van der Waals surface area contributed by atoms with Gasteiger partial charge < -0.3 is 10.1 Å². The van der Waals surface area contributed by atoms with E-state index < -0.39 is 5.91 Å². The molecule has 1 amide bonds. The summed E-state index contributed by atoms with van der Waals surface area (Å²) < 4.78 is 5.23. The van der Waals surface area contributed by atoms with Crippen molar-refractivity contribution in [3.63, 3.8) is 0 Å². The first-order valence-corrected chi connectivity index (χ1v) is 3.44. The van der Waals surface area contributed by atoms with Crippen LogP contribution in [-0.4, -0.2) is 25.2 Å². The summed E-state index contributed by atoms with van der Waals surface area (Å²) in [5.74, 6) is -0.476. The fraction of sp³-hybridized carbons (Fsp3) is 0.714. The van der Waals surface area contributed by atoms with Crippen LogP contribution in [-0.2, 0) is 9.53 Å². The van der Waals surface area contributed by atoms with Crippen LogP contribution in [0.15, 0.2) is 0 Å². The third-order valence-electron chi connectivity index (χ3n) is 1.53. The van der Waals surface area contributed by atoms with Crippen LogP contribution in [0.3, 0.4) is 0 Å². The second-order valence-electron chi connectivity index (χ2n) is 2.38. The van der Waals surface area contributed by atoms with Gasteiger partial charge in [-0.05, 0) is 12.8 Å². The fourth-order valence-electron chi connectivity index (χ4n) is 1.02. The zero-order valence-electron chi connectivity index (χ0n) is 5.80. The zero-order valence-corrected chi connectivity index (χ0v) is 5.80. The first kappa shape index (κ1) is 7.54. The van der Waals surface area contributed by atoms with E-state index in [1.165, 1.54) is 0 Å². The highest BCUT2D eigenvalue weighted by atomic mass is 16.5. The molecule has 3 nitrogen and oxygen atoms in total. The van der Waals surface area contributed by atoms with Crippen molar-refractivity contribution in [2.75, 3.05) is 13.2 Å². The second kappa shape index (κ2) is 3.56. The Kier molecular flexibility index (Phi) is 2.68. The molecule has 0 spiro atoms. The SMILES string of the molecule is [CH]C(=O)NCC1CCCO1. The van der Waals surface area contributed by atoms with E-state index in [1.54, 1.807) is 0 Å². The van der Waals surface area contributed by atoms with Crippen LogP contribution in [0.2, 0.25) is 0 Å². The summed E-state index contributed by atoms with van der Waals surface area (Å²) in [6.07, 6.45) is 2.30. The first-order chi connectivity index (χ1) is 4.79. The lowest BCUT2D eigenvalue weighted by atomic mass is 10.2. The molecule has 0 aromatic rings. The molecule has 0 bridgehead atoms. The minimum absolute atomic E-state index is 0.187. The highest BCUT2D eigenvalue weighted by Gasteiger charge is 2.14. The molecule has 1 N–H and O–H groups in total. The molecule has 1 aliphatic rings. The lowest BCUT2D eigenvalue weighted by Crippen LogP contribution is -2.29. The van der Waals surface area contributed by atoms with Crippen molar-refractivity contribution < 1.29 is 9.53 Å². The van der Waals surface area contributed by atoms with Crippen LogP contribution >= 0.6 is 0 Å². The Bertz CT molecular complexity index is 119. The van der Waals surface area contributed by atoms with Crippen LogP contribution in [0.1, 0.15) is 12.8 Å². The summed E-state index contributed by atoms with van der Waals surface area (Å²) in [6, 6.07) is 0. The highest BCUT2D eigenvalue weighted by molar-refractivity contribution is 5.79. The second-order valence-corrected chi connectivity index (χ2v) is 2.38. The molecule has 1 saturated heterocycles. The molecule has 56 valence electrons. The van der Waals surface area contributed by atoms with Crippen LogP contribution in [0.5, 0.6) is 0 Å². The van der Waals surface area contributed by atoms with Crippen molar-refractivity contribution in [1.29, 1.82) is 0 Å². The van der Waals surface area contributed by atoms with Crippen molar-refractivity contribution in [3.05, 3.63) is 6.92 Å². The molecule has 1 atom stereocenters. The monoisotopic (exact) mass is 141 g/mol. The van der Waals surface area contributed by atoms with E-state index >= 15 is 0 Å². The quantitative estimate of drug-likeness (QED) is 0.587. The Labute approximate surface area is 60.7 Å². The maximum Gasteiger partial charge on any atom is 0.224 e. The third-order valence-corrected chi connectivity index (χ3v) is 1.53. The first-order valence-electron chi connectivity index (χ1n) is 3.44. The molecular weight excluding hydrogens is 130 g/mol. The normalized spacial score (nSPS) is 24.7. The third kappa shape index (κ3) is 2.35. The van der Waals surface area contributed by atoms with Crippen molar-refractivity contribution in [2.24, 2.45) is 0 Å². The minimum Gasteiger partial charge on any atom is -0.376 e. The van der Waals surface area contributed by atoms with Crippen LogP contribution < -0.4 is 5.32 Å². The molecule has 0 aromatic heterocycles. The van der Waals surface area contributed by atoms with E-state index in [1.807, 2.05) is 0 Å². The largest absolute Gasteiger partial charge is 0.376 e. The Hall–Kier alpha value is -0.570. The van der Waals surface area contributed by atoms with E-state index in [9.17, 15) is 4.79 Å². The van der Waals surface area contributed by atoms with Crippen molar-refractivity contribution >= 4 is 5.91 Å². The van der Waals surface area contributed by atoms with Gasteiger partial charge in [-0.3, -0.25) is 4.79 Å². The van der Waals surface area contributed by atoms with E-state index in [4.69, 9.17) is 11.7 Å². The number of rotatable bonds is 2. The lowest BCUT2D eigenvalue weighted by Gasteiger charge is -2.07. The Balaban J connectivity index is 2.07. The van der Waals surface area contributed by atoms with Gasteiger partial charge in [0, 0.05) is 13.2 Å². The molecular formula is C7H11NO2. The summed E-state index contributed by atoms with van der Waals surface area (Å²) in [7, 11) is 0. The zero-order chi connectivity index (χ0) is 7.40. The van der Waals surface area contributed by atoms with Gasteiger partial charge in [0.1, 0.15) is 0 Å². The fourth-order valence-corrected chi connectivity index (χ4v) is 1.02. The van der Waals surface area contributed by atoms with E-state index in [2.05, 4.69) is 5.32 Å². The summed E-state index contributed by atoms with van der Waals surface area (Å²) >= 11 is 0. The Morgan fingerprint density at radius 3 is 3.10 bits per heavy atom. The van der Waals surface area contributed by atoms with E-state index in [-0.39, 0.29) is 6.10 Å². The molecule has 2 radical (unpaired) electrons. The van der Waals surface area contributed by atoms with Gasteiger partial charge in [-0.25, -0.2) is 0 Å². The summed E-state index contributed by atoms with van der Waals surface area (Å²) in [6.45, 7) is 6.23. The molecule has 1 fully saturated rings. The molecule has 1 heterocycles. The van der Waals surface area contributed by atoms with E-state index in [0.717, 1.165) is 19.4 Å². The number of ether oxygens (including phenoxy) is 1. The van der Waals surface area contributed by atoms with Crippen LogP contribution in [0, 0.1) is 6.92 Å².